The summed E-state index contributed by atoms with van der Waals surface area (Å²) in [6.45, 7) is 1.32. The first-order valence-corrected chi connectivity index (χ1v) is 13.2. The third-order valence-corrected chi connectivity index (χ3v) is 6.56. The predicted octanol–water partition coefficient (Wildman–Crippen LogP) is 9.47. The standard InChI is InChI=1S/C32H31F5O2/c1-2-3-4-5-18-38-27-14-11-23(12-15-27)25-13-16-28-26(20-25)10-9-24(31(28)34)8-6-22-7-17-30(29(33)19-22)39-21-32(35,36)37/h7,9-17,19-20H,2-6,8,18,21H2,1H3. The second-order valence-electron chi connectivity index (χ2n) is 9.58. The molecule has 0 heterocycles. The van der Waals surface area contributed by atoms with Gasteiger partial charge in [-0.15, -0.1) is 0 Å². The smallest absolute Gasteiger partial charge is 0.422 e. The summed E-state index contributed by atoms with van der Waals surface area (Å²) in [4.78, 5) is 0. The molecule has 0 aromatic heterocycles. The summed E-state index contributed by atoms with van der Waals surface area (Å²) in [5.41, 5.74) is 2.99. The molecule has 0 fully saturated rings. The molecule has 206 valence electrons. The molecule has 0 saturated carbocycles. The van der Waals surface area contributed by atoms with E-state index in [1.165, 1.54) is 31.4 Å². The number of hydrogen-bond acceptors (Lipinski definition) is 2. The van der Waals surface area contributed by atoms with Crippen LogP contribution in [0.15, 0.2) is 72.8 Å². The van der Waals surface area contributed by atoms with Gasteiger partial charge in [0, 0.05) is 5.39 Å². The number of aryl methyl sites for hydroxylation is 2. The van der Waals surface area contributed by atoms with Crippen molar-refractivity contribution in [3.63, 3.8) is 0 Å². The van der Waals surface area contributed by atoms with Crippen LogP contribution in [0, 0.1) is 11.6 Å². The van der Waals surface area contributed by atoms with Crippen LogP contribution in [0.1, 0.15) is 43.7 Å². The maximum Gasteiger partial charge on any atom is 0.422 e. The van der Waals surface area contributed by atoms with Crippen molar-refractivity contribution in [3.05, 3.63) is 95.6 Å². The fourth-order valence-corrected chi connectivity index (χ4v) is 4.43. The predicted molar refractivity (Wildman–Crippen MR) is 144 cm³/mol. The third-order valence-electron chi connectivity index (χ3n) is 6.56. The molecule has 2 nitrogen and oxygen atoms in total. The second kappa shape index (κ2) is 13.0. The largest absolute Gasteiger partial charge is 0.494 e. The summed E-state index contributed by atoms with van der Waals surface area (Å²) in [7, 11) is 0. The van der Waals surface area contributed by atoms with E-state index < -0.39 is 24.3 Å². The molecule has 39 heavy (non-hydrogen) atoms. The molecule has 0 saturated heterocycles. The first kappa shape index (κ1) is 28.4. The van der Waals surface area contributed by atoms with E-state index in [9.17, 15) is 17.6 Å². The lowest BCUT2D eigenvalue weighted by Gasteiger charge is -2.12. The van der Waals surface area contributed by atoms with Crippen LogP contribution in [0.3, 0.4) is 0 Å². The van der Waals surface area contributed by atoms with Gasteiger partial charge in [-0.2, -0.15) is 13.2 Å². The van der Waals surface area contributed by atoms with Crippen molar-refractivity contribution in [1.29, 1.82) is 0 Å². The number of benzene rings is 4. The summed E-state index contributed by atoms with van der Waals surface area (Å²) >= 11 is 0. The normalized spacial score (nSPS) is 11.6. The lowest BCUT2D eigenvalue weighted by Crippen LogP contribution is -2.19. The fourth-order valence-electron chi connectivity index (χ4n) is 4.43. The first-order chi connectivity index (χ1) is 18.7. The maximum absolute atomic E-state index is 15.3. The average Bonchev–Trinajstić information content (AvgIpc) is 2.92. The van der Waals surface area contributed by atoms with Gasteiger partial charge in [-0.3, -0.25) is 0 Å². The molecule has 0 unspecified atom stereocenters. The van der Waals surface area contributed by atoms with E-state index in [1.807, 2.05) is 42.5 Å². The van der Waals surface area contributed by atoms with Gasteiger partial charge in [0.1, 0.15) is 11.6 Å². The number of halogens is 5. The van der Waals surface area contributed by atoms with Crippen molar-refractivity contribution in [2.24, 2.45) is 0 Å². The van der Waals surface area contributed by atoms with E-state index >= 15 is 4.39 Å². The fraction of sp³-hybridized carbons (Fsp3) is 0.312. The van der Waals surface area contributed by atoms with Gasteiger partial charge in [-0.05, 0) is 77.2 Å². The number of fused-ring (bicyclic) bond motifs is 1. The topological polar surface area (TPSA) is 18.5 Å². The Bertz CT molecular complexity index is 1380. The number of unbranched alkanes of at least 4 members (excludes halogenated alkanes) is 3. The Morgan fingerprint density at radius 2 is 1.49 bits per heavy atom. The molecule has 0 aliphatic rings. The van der Waals surface area contributed by atoms with Crippen LogP contribution < -0.4 is 9.47 Å². The highest BCUT2D eigenvalue weighted by atomic mass is 19.4. The Kier molecular flexibility index (Phi) is 9.44. The highest BCUT2D eigenvalue weighted by molar-refractivity contribution is 5.88. The third kappa shape index (κ3) is 7.94. The lowest BCUT2D eigenvalue weighted by molar-refractivity contribution is -0.153. The van der Waals surface area contributed by atoms with E-state index in [-0.39, 0.29) is 5.82 Å². The summed E-state index contributed by atoms with van der Waals surface area (Å²) in [6, 6.07) is 20.8. The summed E-state index contributed by atoms with van der Waals surface area (Å²) in [6.07, 6.45) is 0.697. The quantitative estimate of drug-likeness (QED) is 0.131. The van der Waals surface area contributed by atoms with Crippen LogP contribution in [0.2, 0.25) is 0 Å². The molecule has 7 heteroatoms. The Morgan fingerprint density at radius 1 is 0.718 bits per heavy atom. The average molecular weight is 543 g/mol. The highest BCUT2D eigenvalue weighted by Crippen LogP contribution is 2.30. The number of hydrogen-bond donors (Lipinski definition) is 0. The van der Waals surface area contributed by atoms with Crippen LogP contribution in [0.4, 0.5) is 22.0 Å². The van der Waals surface area contributed by atoms with Crippen molar-refractivity contribution in [1.82, 2.24) is 0 Å². The minimum Gasteiger partial charge on any atom is -0.494 e. The van der Waals surface area contributed by atoms with Gasteiger partial charge in [0.15, 0.2) is 18.2 Å². The van der Waals surface area contributed by atoms with Gasteiger partial charge in [0.25, 0.3) is 0 Å². The molecule has 4 aromatic rings. The van der Waals surface area contributed by atoms with Crippen molar-refractivity contribution >= 4 is 10.8 Å². The van der Waals surface area contributed by atoms with Crippen LogP contribution >= 0.6 is 0 Å². The summed E-state index contributed by atoms with van der Waals surface area (Å²) < 4.78 is 76.7. The minimum absolute atomic E-state index is 0.311. The van der Waals surface area contributed by atoms with Gasteiger partial charge < -0.3 is 9.47 Å². The summed E-state index contributed by atoms with van der Waals surface area (Å²) in [5.74, 6) is -0.852. The van der Waals surface area contributed by atoms with Gasteiger partial charge >= 0.3 is 6.18 Å². The lowest BCUT2D eigenvalue weighted by atomic mass is 9.97. The molecule has 0 N–H and O–H groups in total. The molecule has 0 aliphatic heterocycles. The van der Waals surface area contributed by atoms with Crippen molar-refractivity contribution in [2.75, 3.05) is 13.2 Å². The summed E-state index contributed by atoms with van der Waals surface area (Å²) in [5, 5.41) is 1.26. The zero-order valence-electron chi connectivity index (χ0n) is 21.8. The van der Waals surface area contributed by atoms with Gasteiger partial charge in [-0.1, -0.05) is 68.7 Å². The maximum atomic E-state index is 15.3. The molecule has 4 aromatic carbocycles. The van der Waals surface area contributed by atoms with Gasteiger partial charge in [0.2, 0.25) is 0 Å². The number of rotatable bonds is 12. The number of ether oxygens (including phenoxy) is 2. The van der Waals surface area contributed by atoms with Crippen LogP contribution in [-0.2, 0) is 12.8 Å². The molecule has 0 aliphatic carbocycles. The van der Waals surface area contributed by atoms with E-state index in [4.69, 9.17) is 4.74 Å². The minimum atomic E-state index is -4.55. The first-order valence-electron chi connectivity index (χ1n) is 13.2. The zero-order chi connectivity index (χ0) is 27.8. The van der Waals surface area contributed by atoms with E-state index in [2.05, 4.69) is 11.7 Å². The van der Waals surface area contributed by atoms with Crippen LogP contribution in [-0.4, -0.2) is 19.4 Å². The molecular weight excluding hydrogens is 511 g/mol. The van der Waals surface area contributed by atoms with E-state index in [0.29, 0.717) is 36.0 Å². The molecule has 0 spiro atoms. The van der Waals surface area contributed by atoms with Gasteiger partial charge in [0.05, 0.1) is 6.61 Å². The Balaban J connectivity index is 1.39. The molecular formula is C32H31F5O2. The highest BCUT2D eigenvalue weighted by Gasteiger charge is 2.29. The Morgan fingerprint density at radius 3 is 2.21 bits per heavy atom. The zero-order valence-corrected chi connectivity index (χ0v) is 21.8. The second-order valence-corrected chi connectivity index (χ2v) is 9.58. The van der Waals surface area contributed by atoms with Crippen LogP contribution in [0.5, 0.6) is 11.5 Å². The Hall–Kier alpha value is -3.61. The van der Waals surface area contributed by atoms with Crippen molar-refractivity contribution < 1.29 is 31.4 Å². The molecule has 0 amide bonds. The SMILES string of the molecule is CCCCCCOc1ccc(-c2ccc3c(F)c(CCc4ccc(OCC(F)(F)F)c(F)c4)ccc3c2)cc1. The molecule has 0 bridgehead atoms. The molecule has 0 atom stereocenters. The number of alkyl halides is 3. The molecule has 4 rings (SSSR count). The van der Waals surface area contributed by atoms with Crippen molar-refractivity contribution in [2.45, 2.75) is 51.6 Å². The monoisotopic (exact) mass is 542 g/mol. The Labute approximate surface area is 225 Å². The van der Waals surface area contributed by atoms with E-state index in [1.54, 1.807) is 12.1 Å². The van der Waals surface area contributed by atoms with Crippen LogP contribution in [0.25, 0.3) is 21.9 Å². The molecule has 0 radical (unpaired) electrons. The van der Waals surface area contributed by atoms with Gasteiger partial charge in [-0.25, -0.2) is 8.78 Å². The van der Waals surface area contributed by atoms with Crippen molar-refractivity contribution in [3.8, 4) is 22.6 Å². The van der Waals surface area contributed by atoms with E-state index in [0.717, 1.165) is 34.7 Å².